The molecule has 0 spiro atoms. The molecule has 148 valence electrons. The molecule has 2 aromatic carbocycles. The number of hydrogen-bond donors (Lipinski definition) is 0. The fourth-order valence-corrected chi connectivity index (χ4v) is 4.06. The van der Waals surface area contributed by atoms with Gasteiger partial charge in [0.05, 0.1) is 7.11 Å². The second-order valence-corrected chi connectivity index (χ2v) is 7.53. The van der Waals surface area contributed by atoms with Gasteiger partial charge in [-0.25, -0.2) is 0 Å². The van der Waals surface area contributed by atoms with Crippen LogP contribution in [0.2, 0.25) is 0 Å². The number of methoxy groups -OCH3 is 1. The van der Waals surface area contributed by atoms with E-state index >= 15 is 0 Å². The van der Waals surface area contributed by atoms with E-state index in [0.717, 1.165) is 33.1 Å². The Hall–Kier alpha value is -3.34. The molecule has 5 nitrogen and oxygen atoms in total. The second kappa shape index (κ2) is 7.24. The van der Waals surface area contributed by atoms with Gasteiger partial charge in [-0.15, -0.1) is 0 Å². The minimum absolute atomic E-state index is 0.00954. The van der Waals surface area contributed by atoms with Gasteiger partial charge in [-0.1, -0.05) is 36.4 Å². The summed E-state index contributed by atoms with van der Waals surface area (Å²) in [5, 5.41) is 2.66. The zero-order valence-corrected chi connectivity index (χ0v) is 17.1. The van der Waals surface area contributed by atoms with Crippen molar-refractivity contribution in [3.63, 3.8) is 0 Å². The van der Waals surface area contributed by atoms with Gasteiger partial charge in [0.2, 0.25) is 0 Å². The molecule has 0 atom stereocenters. The third-order valence-corrected chi connectivity index (χ3v) is 5.52. The Bertz CT molecular complexity index is 1290. The van der Waals surface area contributed by atoms with Gasteiger partial charge < -0.3 is 13.9 Å². The summed E-state index contributed by atoms with van der Waals surface area (Å²) in [6.45, 7) is 6.17. The number of esters is 1. The van der Waals surface area contributed by atoms with Crippen LogP contribution in [0.4, 0.5) is 0 Å². The number of nitrogens with zero attached hydrogens (tertiary/aromatic N) is 2. The lowest BCUT2D eigenvalue weighted by molar-refractivity contribution is -0.141. The lowest BCUT2D eigenvalue weighted by atomic mass is 9.98. The number of benzene rings is 2. The van der Waals surface area contributed by atoms with E-state index in [0.29, 0.717) is 5.39 Å². The molecule has 0 amide bonds. The van der Waals surface area contributed by atoms with Crippen LogP contribution in [-0.4, -0.2) is 22.2 Å². The molecular formula is C24H24N2O3. The average Bonchev–Trinajstić information content (AvgIpc) is 3.00. The zero-order chi connectivity index (χ0) is 20.7. The average molecular weight is 388 g/mol. The van der Waals surface area contributed by atoms with Gasteiger partial charge in [-0.05, 0) is 38.3 Å². The molecule has 4 aromatic rings. The van der Waals surface area contributed by atoms with Gasteiger partial charge in [-0.2, -0.15) is 0 Å². The van der Waals surface area contributed by atoms with Gasteiger partial charge in [0.1, 0.15) is 6.54 Å². The molecule has 0 aliphatic carbocycles. The predicted octanol–water partition coefficient (Wildman–Crippen LogP) is 4.69. The minimum atomic E-state index is -0.294. The van der Waals surface area contributed by atoms with Crippen molar-refractivity contribution in [1.82, 2.24) is 9.13 Å². The monoisotopic (exact) mass is 388 g/mol. The van der Waals surface area contributed by atoms with E-state index in [-0.39, 0.29) is 24.1 Å². The summed E-state index contributed by atoms with van der Waals surface area (Å²) in [7, 11) is 1.40. The zero-order valence-electron chi connectivity index (χ0n) is 17.1. The van der Waals surface area contributed by atoms with Gasteiger partial charge >= 0.3 is 5.97 Å². The molecule has 0 fully saturated rings. The molecular weight excluding hydrogens is 364 g/mol. The van der Waals surface area contributed by atoms with Crippen LogP contribution in [0.1, 0.15) is 25.6 Å². The summed E-state index contributed by atoms with van der Waals surface area (Å²) in [5.74, 6) is -0.294. The standard InChI is InChI=1S/C24H24N2O3/c1-15(2)25-13-20(17-9-5-6-10-18(17)24(25)28)23-16(3)26(14-22(27)29-4)21-12-8-7-11-19(21)23/h5-13,15H,14H2,1-4H3. The molecule has 0 aliphatic heterocycles. The minimum Gasteiger partial charge on any atom is -0.468 e. The third kappa shape index (κ3) is 3.03. The van der Waals surface area contributed by atoms with Crippen molar-refractivity contribution >= 4 is 27.6 Å². The first-order chi connectivity index (χ1) is 13.9. The number of fused-ring (bicyclic) bond motifs is 2. The molecule has 0 bridgehead atoms. The van der Waals surface area contributed by atoms with E-state index in [4.69, 9.17) is 4.74 Å². The second-order valence-electron chi connectivity index (χ2n) is 7.53. The van der Waals surface area contributed by atoms with Gasteiger partial charge in [0.15, 0.2) is 0 Å². The maximum absolute atomic E-state index is 13.0. The summed E-state index contributed by atoms with van der Waals surface area (Å²) in [6, 6.07) is 15.8. The van der Waals surface area contributed by atoms with Crippen molar-refractivity contribution in [2.24, 2.45) is 0 Å². The Balaban J connectivity index is 2.12. The SMILES string of the molecule is COC(=O)Cn1c(C)c(-c2cn(C(C)C)c(=O)c3ccccc23)c2ccccc21. The highest BCUT2D eigenvalue weighted by molar-refractivity contribution is 6.06. The van der Waals surface area contributed by atoms with Crippen LogP contribution in [-0.2, 0) is 16.1 Å². The van der Waals surface area contributed by atoms with Crippen molar-refractivity contribution < 1.29 is 9.53 Å². The van der Waals surface area contributed by atoms with Gasteiger partial charge in [0.25, 0.3) is 5.56 Å². The van der Waals surface area contributed by atoms with Crippen LogP contribution >= 0.6 is 0 Å². The molecule has 5 heteroatoms. The highest BCUT2D eigenvalue weighted by atomic mass is 16.5. The summed E-state index contributed by atoms with van der Waals surface area (Å²) in [6.07, 6.45) is 1.95. The van der Waals surface area contributed by atoms with Crippen LogP contribution in [0.5, 0.6) is 0 Å². The molecule has 0 N–H and O–H groups in total. The Morgan fingerprint density at radius 3 is 2.28 bits per heavy atom. The van der Waals surface area contributed by atoms with E-state index < -0.39 is 0 Å². The fraction of sp³-hybridized carbons (Fsp3) is 0.250. The van der Waals surface area contributed by atoms with E-state index in [2.05, 4.69) is 6.07 Å². The topological polar surface area (TPSA) is 53.2 Å². The first kappa shape index (κ1) is 19.0. The van der Waals surface area contributed by atoms with E-state index in [1.165, 1.54) is 7.11 Å². The molecule has 0 saturated heterocycles. The van der Waals surface area contributed by atoms with Crippen molar-refractivity contribution in [2.45, 2.75) is 33.4 Å². The van der Waals surface area contributed by atoms with Crippen molar-refractivity contribution in [3.8, 4) is 11.1 Å². The number of carbonyl (C=O) groups excluding carboxylic acids is 1. The third-order valence-electron chi connectivity index (χ3n) is 5.52. The van der Waals surface area contributed by atoms with Crippen LogP contribution in [0.3, 0.4) is 0 Å². The highest BCUT2D eigenvalue weighted by Gasteiger charge is 2.21. The molecule has 0 unspecified atom stereocenters. The van der Waals surface area contributed by atoms with E-state index in [9.17, 15) is 9.59 Å². The molecule has 2 heterocycles. The lowest BCUT2D eigenvalue weighted by Crippen LogP contribution is -2.22. The van der Waals surface area contributed by atoms with E-state index in [1.54, 1.807) is 4.57 Å². The summed E-state index contributed by atoms with van der Waals surface area (Å²) >= 11 is 0. The number of pyridine rings is 1. The van der Waals surface area contributed by atoms with Crippen molar-refractivity contribution in [1.29, 1.82) is 0 Å². The quantitative estimate of drug-likeness (QED) is 0.477. The van der Waals surface area contributed by atoms with Crippen molar-refractivity contribution in [2.75, 3.05) is 7.11 Å². The maximum Gasteiger partial charge on any atom is 0.325 e. The lowest BCUT2D eigenvalue weighted by Gasteiger charge is -2.16. The number of hydrogen-bond acceptors (Lipinski definition) is 3. The highest BCUT2D eigenvalue weighted by Crippen LogP contribution is 2.37. The fourth-order valence-electron chi connectivity index (χ4n) is 4.06. The van der Waals surface area contributed by atoms with E-state index in [1.807, 2.05) is 74.0 Å². The molecule has 4 rings (SSSR count). The Morgan fingerprint density at radius 1 is 1.00 bits per heavy atom. The molecule has 0 saturated carbocycles. The first-order valence-corrected chi connectivity index (χ1v) is 9.73. The number of aromatic nitrogens is 2. The van der Waals surface area contributed by atoms with Crippen molar-refractivity contribution in [3.05, 3.63) is 70.8 Å². The van der Waals surface area contributed by atoms with Gasteiger partial charge in [0, 0.05) is 45.3 Å². The molecule has 0 aliphatic rings. The maximum atomic E-state index is 13.0. The van der Waals surface area contributed by atoms with Gasteiger partial charge in [-0.3, -0.25) is 9.59 Å². The number of ether oxygens (including phenoxy) is 1. The molecule has 2 aromatic heterocycles. The Kier molecular flexibility index (Phi) is 4.74. The first-order valence-electron chi connectivity index (χ1n) is 9.73. The number of para-hydroxylation sites is 1. The molecule has 0 radical (unpaired) electrons. The normalized spacial score (nSPS) is 11.5. The number of carbonyl (C=O) groups is 1. The smallest absolute Gasteiger partial charge is 0.325 e. The Morgan fingerprint density at radius 2 is 1.62 bits per heavy atom. The summed E-state index contributed by atoms with van der Waals surface area (Å²) < 4.78 is 8.67. The van der Waals surface area contributed by atoms with Crippen LogP contribution in [0.15, 0.2) is 59.5 Å². The number of rotatable bonds is 4. The molecule has 29 heavy (non-hydrogen) atoms. The van der Waals surface area contributed by atoms with Crippen LogP contribution in [0.25, 0.3) is 32.8 Å². The summed E-state index contributed by atoms with van der Waals surface area (Å²) in [4.78, 5) is 25.0. The summed E-state index contributed by atoms with van der Waals surface area (Å²) in [5.41, 5.74) is 3.98. The van der Waals surface area contributed by atoms with Crippen LogP contribution < -0.4 is 5.56 Å². The largest absolute Gasteiger partial charge is 0.468 e. The van der Waals surface area contributed by atoms with Crippen LogP contribution in [0, 0.1) is 6.92 Å². The predicted molar refractivity (Wildman–Crippen MR) is 116 cm³/mol. The Labute approximate surface area is 169 Å².